The van der Waals surface area contributed by atoms with Gasteiger partial charge in [-0.3, -0.25) is 0 Å². The summed E-state index contributed by atoms with van der Waals surface area (Å²) in [7, 11) is -3.82. The second-order valence-corrected chi connectivity index (χ2v) is 6.22. The van der Waals surface area contributed by atoms with Gasteiger partial charge in [-0.05, 0) is 37.6 Å². The summed E-state index contributed by atoms with van der Waals surface area (Å²) in [6, 6.07) is 11.2. The summed E-state index contributed by atoms with van der Waals surface area (Å²) in [6.07, 6.45) is 0. The molecule has 0 aliphatic heterocycles. The van der Waals surface area contributed by atoms with Gasteiger partial charge in [0, 0.05) is 11.1 Å². The Bertz CT molecular complexity index is 691. The van der Waals surface area contributed by atoms with Crippen LogP contribution in [0.3, 0.4) is 0 Å². The number of hydrogen-bond donors (Lipinski definition) is 0. The summed E-state index contributed by atoms with van der Waals surface area (Å²) in [6.45, 7) is 3.72. The maximum Gasteiger partial charge on any atom is 0.339 e. The van der Waals surface area contributed by atoms with E-state index in [1.54, 1.807) is 24.3 Å². The molecule has 0 spiro atoms. The lowest BCUT2D eigenvalue weighted by molar-refractivity contribution is 0.486. The van der Waals surface area contributed by atoms with Crippen LogP contribution < -0.4 is 4.18 Å². The number of halogens is 1. The van der Waals surface area contributed by atoms with Crippen molar-refractivity contribution in [2.24, 2.45) is 0 Å². The van der Waals surface area contributed by atoms with Crippen molar-refractivity contribution in [1.29, 1.82) is 0 Å². The van der Waals surface area contributed by atoms with Gasteiger partial charge < -0.3 is 4.18 Å². The van der Waals surface area contributed by atoms with Gasteiger partial charge in [-0.2, -0.15) is 8.42 Å². The van der Waals surface area contributed by atoms with Crippen molar-refractivity contribution in [3.8, 4) is 5.75 Å². The van der Waals surface area contributed by atoms with E-state index in [1.807, 2.05) is 13.8 Å². The molecule has 0 aliphatic rings. The van der Waals surface area contributed by atoms with Gasteiger partial charge in [-0.25, -0.2) is 0 Å². The molecule has 2 aromatic rings. The maximum atomic E-state index is 12.0. The minimum Gasteiger partial charge on any atom is -0.379 e. The van der Waals surface area contributed by atoms with Gasteiger partial charge in [-0.1, -0.05) is 35.4 Å². The van der Waals surface area contributed by atoms with Crippen LogP contribution in [-0.2, 0) is 10.1 Å². The molecule has 2 aromatic carbocycles. The Morgan fingerprint density at radius 2 is 1.63 bits per heavy atom. The third-order valence-corrected chi connectivity index (χ3v) is 4.33. The van der Waals surface area contributed by atoms with Crippen molar-refractivity contribution in [1.82, 2.24) is 0 Å². The van der Waals surface area contributed by atoms with Crippen molar-refractivity contribution in [3.63, 3.8) is 0 Å². The van der Waals surface area contributed by atoms with Gasteiger partial charge in [0.05, 0.1) is 0 Å². The highest BCUT2D eigenvalue weighted by Gasteiger charge is 2.16. The monoisotopic (exact) mass is 296 g/mol. The first kappa shape index (κ1) is 13.9. The molecule has 0 saturated carbocycles. The number of hydrogen-bond acceptors (Lipinski definition) is 3. The molecular formula is C14H13ClO3S. The standard InChI is InChI=1S/C14H13ClO3S/c1-10-3-7-13(8-4-10)19(16,17)18-12-6-5-11(2)14(15)9-12/h3-9H,1-2H3. The van der Waals surface area contributed by atoms with Gasteiger partial charge >= 0.3 is 10.1 Å². The van der Waals surface area contributed by atoms with Crippen LogP contribution in [0, 0.1) is 13.8 Å². The Morgan fingerprint density at radius 3 is 2.21 bits per heavy atom. The molecule has 0 aliphatic carbocycles. The predicted octanol–water partition coefficient (Wildman–Crippen LogP) is 3.72. The quantitative estimate of drug-likeness (QED) is 0.811. The Labute approximate surface area is 117 Å². The molecule has 0 heterocycles. The highest BCUT2D eigenvalue weighted by Crippen LogP contribution is 2.24. The summed E-state index contributed by atoms with van der Waals surface area (Å²) < 4.78 is 29.1. The molecule has 0 amide bonds. The van der Waals surface area contributed by atoms with E-state index in [0.29, 0.717) is 5.02 Å². The van der Waals surface area contributed by atoms with Crippen molar-refractivity contribution < 1.29 is 12.6 Å². The first-order chi connectivity index (χ1) is 8.88. The van der Waals surface area contributed by atoms with E-state index in [0.717, 1.165) is 11.1 Å². The first-order valence-corrected chi connectivity index (χ1v) is 7.44. The van der Waals surface area contributed by atoms with Gasteiger partial charge in [0.15, 0.2) is 0 Å². The Hall–Kier alpha value is -1.52. The lowest BCUT2D eigenvalue weighted by Gasteiger charge is -2.08. The zero-order valence-electron chi connectivity index (χ0n) is 10.6. The van der Waals surface area contributed by atoms with Crippen LogP contribution in [0.5, 0.6) is 5.75 Å². The van der Waals surface area contributed by atoms with E-state index < -0.39 is 10.1 Å². The highest BCUT2D eigenvalue weighted by molar-refractivity contribution is 7.87. The molecule has 0 saturated heterocycles. The molecule has 5 heteroatoms. The fourth-order valence-corrected chi connectivity index (χ4v) is 2.60. The molecule has 0 fully saturated rings. The molecule has 0 N–H and O–H groups in total. The van der Waals surface area contributed by atoms with E-state index in [9.17, 15) is 8.42 Å². The summed E-state index contributed by atoms with van der Waals surface area (Å²) >= 11 is 5.93. The molecule has 3 nitrogen and oxygen atoms in total. The Morgan fingerprint density at radius 1 is 1.00 bits per heavy atom. The fraction of sp³-hybridized carbons (Fsp3) is 0.143. The molecule has 0 radical (unpaired) electrons. The molecular weight excluding hydrogens is 284 g/mol. The smallest absolute Gasteiger partial charge is 0.339 e. The van der Waals surface area contributed by atoms with Crippen LogP contribution in [0.2, 0.25) is 5.02 Å². The molecule has 0 aromatic heterocycles. The number of rotatable bonds is 3. The second kappa shape index (κ2) is 5.23. The molecule has 2 rings (SSSR count). The Kier molecular flexibility index (Phi) is 3.83. The fourth-order valence-electron chi connectivity index (χ4n) is 1.51. The minimum atomic E-state index is -3.82. The van der Waals surface area contributed by atoms with Crippen molar-refractivity contribution in [2.45, 2.75) is 18.7 Å². The van der Waals surface area contributed by atoms with Crippen LogP contribution in [-0.4, -0.2) is 8.42 Å². The van der Waals surface area contributed by atoms with E-state index in [2.05, 4.69) is 0 Å². The number of aryl methyl sites for hydroxylation is 2. The summed E-state index contributed by atoms with van der Waals surface area (Å²) in [5.74, 6) is 0.205. The lowest BCUT2D eigenvalue weighted by atomic mass is 10.2. The van der Waals surface area contributed by atoms with Crippen molar-refractivity contribution >= 4 is 21.7 Å². The predicted molar refractivity (Wildman–Crippen MR) is 75.2 cm³/mol. The van der Waals surface area contributed by atoms with Crippen LogP contribution in [0.1, 0.15) is 11.1 Å². The van der Waals surface area contributed by atoms with Gasteiger partial charge in [-0.15, -0.1) is 0 Å². The van der Waals surface area contributed by atoms with Crippen LogP contribution in [0.25, 0.3) is 0 Å². The highest BCUT2D eigenvalue weighted by atomic mass is 35.5. The van der Waals surface area contributed by atoms with Crippen LogP contribution in [0.15, 0.2) is 47.4 Å². The van der Waals surface area contributed by atoms with E-state index in [4.69, 9.17) is 15.8 Å². The summed E-state index contributed by atoms with van der Waals surface area (Å²) in [5, 5.41) is 0.469. The molecule has 19 heavy (non-hydrogen) atoms. The average molecular weight is 297 g/mol. The third kappa shape index (κ3) is 3.28. The summed E-state index contributed by atoms with van der Waals surface area (Å²) in [5.41, 5.74) is 1.85. The van der Waals surface area contributed by atoms with E-state index in [1.165, 1.54) is 18.2 Å². The van der Waals surface area contributed by atoms with Crippen molar-refractivity contribution in [2.75, 3.05) is 0 Å². The van der Waals surface area contributed by atoms with Gasteiger partial charge in [0.2, 0.25) is 0 Å². The van der Waals surface area contributed by atoms with Gasteiger partial charge in [0.1, 0.15) is 10.6 Å². The van der Waals surface area contributed by atoms with Crippen LogP contribution >= 0.6 is 11.6 Å². The minimum absolute atomic E-state index is 0.120. The number of benzene rings is 2. The third-order valence-electron chi connectivity index (χ3n) is 2.66. The topological polar surface area (TPSA) is 43.4 Å². The van der Waals surface area contributed by atoms with Gasteiger partial charge in [0.25, 0.3) is 0 Å². The zero-order valence-corrected chi connectivity index (χ0v) is 12.1. The summed E-state index contributed by atoms with van der Waals surface area (Å²) in [4.78, 5) is 0.120. The zero-order chi connectivity index (χ0) is 14.0. The Balaban J connectivity index is 2.30. The average Bonchev–Trinajstić information content (AvgIpc) is 2.34. The molecule has 100 valence electrons. The van der Waals surface area contributed by atoms with E-state index >= 15 is 0 Å². The second-order valence-electron chi connectivity index (χ2n) is 4.26. The lowest BCUT2D eigenvalue weighted by Crippen LogP contribution is -2.09. The maximum absolute atomic E-state index is 12.0. The molecule has 0 unspecified atom stereocenters. The van der Waals surface area contributed by atoms with E-state index in [-0.39, 0.29) is 10.6 Å². The SMILES string of the molecule is Cc1ccc(S(=O)(=O)Oc2ccc(C)c(Cl)c2)cc1. The molecule has 0 bridgehead atoms. The van der Waals surface area contributed by atoms with Crippen molar-refractivity contribution in [3.05, 3.63) is 58.6 Å². The van der Waals surface area contributed by atoms with Crippen LogP contribution in [0.4, 0.5) is 0 Å². The largest absolute Gasteiger partial charge is 0.379 e. The first-order valence-electron chi connectivity index (χ1n) is 5.66. The molecule has 0 atom stereocenters. The normalized spacial score (nSPS) is 11.3.